The summed E-state index contributed by atoms with van der Waals surface area (Å²) in [7, 11) is 3.53. The van der Waals surface area contributed by atoms with Crippen molar-refractivity contribution < 1.29 is 27.5 Å². The Hall–Kier alpha value is -3.31. The number of carbonyl (C=O) groups is 2. The van der Waals surface area contributed by atoms with Crippen LogP contribution in [0.1, 0.15) is 22.3 Å². The molecule has 3 N–H and O–H groups in total. The molecule has 1 heterocycles. The number of methoxy groups -OCH3 is 1. The fourth-order valence-electron chi connectivity index (χ4n) is 3.66. The van der Waals surface area contributed by atoms with Gasteiger partial charge < -0.3 is 30.5 Å². The lowest BCUT2D eigenvalue weighted by Gasteiger charge is -2.32. The molecular formula is C24H30F3N5O3. The molecule has 2 aromatic carbocycles. The number of halogens is 3. The number of rotatable bonds is 8. The average Bonchev–Trinajstić information content (AvgIpc) is 2.82. The number of urea groups is 1. The van der Waals surface area contributed by atoms with E-state index in [1.807, 2.05) is 0 Å². The first-order chi connectivity index (χ1) is 16.7. The topological polar surface area (TPSA) is 85.9 Å². The summed E-state index contributed by atoms with van der Waals surface area (Å²) in [6, 6.07) is 8.06. The Kier molecular flexibility index (Phi) is 8.94. The normalized spacial score (nSPS) is 14.9. The van der Waals surface area contributed by atoms with Gasteiger partial charge in [0.25, 0.3) is 5.91 Å². The van der Waals surface area contributed by atoms with Crippen LogP contribution in [0.15, 0.2) is 42.5 Å². The van der Waals surface area contributed by atoms with E-state index < -0.39 is 17.8 Å². The molecule has 0 saturated carbocycles. The summed E-state index contributed by atoms with van der Waals surface area (Å²) in [6.07, 6.45) is -3.61. The van der Waals surface area contributed by atoms with Gasteiger partial charge in [0, 0.05) is 50.2 Å². The second kappa shape index (κ2) is 11.9. The molecule has 1 aliphatic heterocycles. The number of nitrogens with one attached hydrogen (secondary N) is 3. The maximum Gasteiger partial charge on any atom is 0.416 e. The van der Waals surface area contributed by atoms with Gasteiger partial charge in [-0.1, -0.05) is 0 Å². The molecule has 0 aliphatic carbocycles. The smallest absolute Gasteiger partial charge is 0.416 e. The van der Waals surface area contributed by atoms with Crippen LogP contribution < -0.4 is 20.7 Å². The van der Waals surface area contributed by atoms with E-state index in [9.17, 15) is 22.8 Å². The van der Waals surface area contributed by atoms with E-state index in [2.05, 4.69) is 32.8 Å². The van der Waals surface area contributed by atoms with Crippen molar-refractivity contribution in [3.8, 4) is 5.75 Å². The van der Waals surface area contributed by atoms with Gasteiger partial charge in [-0.15, -0.1) is 0 Å². The van der Waals surface area contributed by atoms with E-state index in [-0.39, 0.29) is 17.3 Å². The molecule has 0 radical (unpaired) electrons. The van der Waals surface area contributed by atoms with Crippen LogP contribution in [0.5, 0.6) is 5.75 Å². The quantitative estimate of drug-likeness (QED) is 0.488. The third-order valence-corrected chi connectivity index (χ3v) is 5.71. The second-order valence-corrected chi connectivity index (χ2v) is 8.32. The number of ether oxygens (including phenoxy) is 1. The lowest BCUT2D eigenvalue weighted by molar-refractivity contribution is -0.137. The molecular weight excluding hydrogens is 463 g/mol. The molecule has 1 fully saturated rings. The summed E-state index contributed by atoms with van der Waals surface area (Å²) in [6.45, 7) is 5.60. The van der Waals surface area contributed by atoms with Crippen molar-refractivity contribution >= 4 is 23.3 Å². The minimum atomic E-state index is -4.45. The molecule has 0 spiro atoms. The largest absolute Gasteiger partial charge is 0.496 e. The van der Waals surface area contributed by atoms with Crippen LogP contribution in [0.2, 0.25) is 0 Å². The highest BCUT2D eigenvalue weighted by Crippen LogP contribution is 2.30. The van der Waals surface area contributed by atoms with Gasteiger partial charge in [0.1, 0.15) is 5.75 Å². The van der Waals surface area contributed by atoms with Gasteiger partial charge in [-0.05, 0) is 56.4 Å². The average molecular weight is 494 g/mol. The van der Waals surface area contributed by atoms with Crippen LogP contribution in [-0.4, -0.2) is 75.2 Å². The summed E-state index contributed by atoms with van der Waals surface area (Å²) in [5.74, 6) is 0.00915. The molecule has 3 amide bonds. The van der Waals surface area contributed by atoms with Crippen LogP contribution in [0.4, 0.5) is 29.3 Å². The van der Waals surface area contributed by atoms with Gasteiger partial charge >= 0.3 is 12.2 Å². The van der Waals surface area contributed by atoms with Crippen molar-refractivity contribution in [2.75, 3.05) is 64.1 Å². The molecule has 2 aromatic rings. The molecule has 0 unspecified atom stereocenters. The fourth-order valence-corrected chi connectivity index (χ4v) is 3.66. The molecule has 190 valence electrons. The number of hydrogen-bond donors (Lipinski definition) is 3. The molecule has 8 nitrogen and oxygen atoms in total. The second-order valence-electron chi connectivity index (χ2n) is 8.32. The number of carbonyl (C=O) groups excluding carboxylic acids is 2. The third kappa shape index (κ3) is 7.86. The van der Waals surface area contributed by atoms with Gasteiger partial charge in [0.15, 0.2) is 0 Å². The zero-order chi connectivity index (χ0) is 25.4. The number of nitrogens with zero attached hydrogens (tertiary/aromatic N) is 2. The molecule has 11 heteroatoms. The molecule has 3 rings (SSSR count). The first kappa shape index (κ1) is 26.3. The van der Waals surface area contributed by atoms with Gasteiger partial charge in [-0.25, -0.2) is 4.79 Å². The number of benzene rings is 2. The van der Waals surface area contributed by atoms with E-state index >= 15 is 0 Å². The Bertz CT molecular complexity index is 1010. The predicted octanol–water partition coefficient (Wildman–Crippen LogP) is 3.73. The summed E-state index contributed by atoms with van der Waals surface area (Å²) in [5, 5.41) is 7.93. The summed E-state index contributed by atoms with van der Waals surface area (Å²) < 4.78 is 43.3. The zero-order valence-electron chi connectivity index (χ0n) is 19.7. The minimum absolute atomic E-state index is 0.204. The Morgan fingerprint density at radius 3 is 2.23 bits per heavy atom. The highest BCUT2D eigenvalue weighted by molar-refractivity contribution is 6.01. The van der Waals surface area contributed by atoms with Gasteiger partial charge in [-0.3, -0.25) is 4.79 Å². The third-order valence-electron chi connectivity index (χ3n) is 5.71. The molecule has 1 aliphatic rings. The van der Waals surface area contributed by atoms with Crippen LogP contribution in [0.25, 0.3) is 0 Å². The van der Waals surface area contributed by atoms with Gasteiger partial charge in [0.05, 0.1) is 18.2 Å². The predicted molar refractivity (Wildman–Crippen MR) is 128 cm³/mol. The van der Waals surface area contributed by atoms with Crippen LogP contribution in [0, 0.1) is 0 Å². The van der Waals surface area contributed by atoms with Crippen molar-refractivity contribution in [3.63, 3.8) is 0 Å². The van der Waals surface area contributed by atoms with Crippen molar-refractivity contribution in [2.24, 2.45) is 0 Å². The summed E-state index contributed by atoms with van der Waals surface area (Å²) in [5.41, 5.74) is 0.0927. The lowest BCUT2D eigenvalue weighted by atomic mass is 10.1. The highest BCUT2D eigenvalue weighted by Gasteiger charge is 2.30. The number of likely N-dealkylation sites (N-methyl/N-ethyl adjacent to an activating group) is 1. The number of hydrogen-bond acceptors (Lipinski definition) is 5. The maximum absolute atomic E-state index is 12.7. The molecule has 35 heavy (non-hydrogen) atoms. The summed E-state index contributed by atoms with van der Waals surface area (Å²) >= 11 is 0. The zero-order valence-corrected chi connectivity index (χ0v) is 19.7. The van der Waals surface area contributed by atoms with E-state index in [1.54, 1.807) is 12.1 Å². The standard InChI is InChI=1S/C24H30F3N5O3/c1-31-12-14-32(15-13-31)11-3-10-28-22(33)20-9-8-19(16-21(20)35-2)30-23(34)29-18-6-4-17(5-7-18)24(25,26)27/h4-9,16H,3,10-15H2,1-2H3,(H,28,33)(H2,29,30,34). The number of amides is 3. The van der Waals surface area contributed by atoms with Crippen LogP contribution >= 0.6 is 0 Å². The Morgan fingerprint density at radius 1 is 0.971 bits per heavy atom. The van der Waals surface area contributed by atoms with Crippen molar-refractivity contribution in [1.29, 1.82) is 0 Å². The van der Waals surface area contributed by atoms with Crippen molar-refractivity contribution in [3.05, 3.63) is 53.6 Å². The van der Waals surface area contributed by atoms with Crippen molar-refractivity contribution in [1.82, 2.24) is 15.1 Å². The van der Waals surface area contributed by atoms with E-state index in [1.165, 1.54) is 25.3 Å². The van der Waals surface area contributed by atoms with Gasteiger partial charge in [0.2, 0.25) is 0 Å². The van der Waals surface area contributed by atoms with Crippen molar-refractivity contribution in [2.45, 2.75) is 12.6 Å². The first-order valence-corrected chi connectivity index (χ1v) is 11.3. The van der Waals surface area contributed by atoms with Gasteiger partial charge in [-0.2, -0.15) is 13.2 Å². The maximum atomic E-state index is 12.7. The number of alkyl halides is 3. The monoisotopic (exact) mass is 493 g/mol. The van der Waals surface area contributed by atoms with Crippen LogP contribution in [0.3, 0.4) is 0 Å². The molecule has 0 aromatic heterocycles. The SMILES string of the molecule is COc1cc(NC(=O)Nc2ccc(C(F)(F)F)cc2)ccc1C(=O)NCCCN1CCN(C)CC1. The minimum Gasteiger partial charge on any atom is -0.496 e. The summed E-state index contributed by atoms with van der Waals surface area (Å²) in [4.78, 5) is 29.5. The first-order valence-electron chi connectivity index (χ1n) is 11.3. The van der Waals surface area contributed by atoms with E-state index in [0.717, 1.165) is 51.3 Å². The molecule has 0 bridgehead atoms. The Balaban J connectivity index is 1.49. The Morgan fingerprint density at radius 2 is 1.60 bits per heavy atom. The highest BCUT2D eigenvalue weighted by atomic mass is 19.4. The molecule has 0 atom stereocenters. The Labute approximate surface area is 202 Å². The van der Waals surface area contributed by atoms with E-state index in [0.29, 0.717) is 17.8 Å². The van der Waals surface area contributed by atoms with Crippen LogP contribution in [-0.2, 0) is 6.18 Å². The fraction of sp³-hybridized carbons (Fsp3) is 0.417. The molecule has 1 saturated heterocycles. The lowest BCUT2D eigenvalue weighted by Crippen LogP contribution is -2.45. The number of anilines is 2. The van der Waals surface area contributed by atoms with E-state index in [4.69, 9.17) is 4.74 Å². The number of piperazine rings is 1.